The number of hydrogen-bond acceptors (Lipinski definition) is 3. The second-order valence-electron chi connectivity index (χ2n) is 7.75. The van der Waals surface area contributed by atoms with E-state index in [1.807, 2.05) is 36.4 Å². The summed E-state index contributed by atoms with van der Waals surface area (Å²) in [5, 5.41) is 2.63. The summed E-state index contributed by atoms with van der Waals surface area (Å²) in [5.41, 5.74) is 1.81. The van der Waals surface area contributed by atoms with Crippen LogP contribution in [0.5, 0.6) is 0 Å². The van der Waals surface area contributed by atoms with Crippen LogP contribution in [0.3, 0.4) is 0 Å². The van der Waals surface area contributed by atoms with Crippen molar-refractivity contribution in [2.45, 2.75) is 37.6 Å². The first kappa shape index (κ1) is 17.9. The average Bonchev–Trinajstić information content (AvgIpc) is 2.71. The maximum Gasteiger partial charge on any atom is 0.237 e. The second-order valence-corrected chi connectivity index (χ2v) is 7.75. The lowest BCUT2D eigenvalue weighted by Gasteiger charge is -2.45. The van der Waals surface area contributed by atoms with E-state index in [0.29, 0.717) is 12.8 Å². The summed E-state index contributed by atoms with van der Waals surface area (Å²) in [6.45, 7) is 2.92. The zero-order valence-electron chi connectivity index (χ0n) is 15.6. The van der Waals surface area contributed by atoms with Gasteiger partial charge in [-0.25, -0.2) is 0 Å². The third-order valence-electron chi connectivity index (χ3n) is 6.23. The zero-order valence-corrected chi connectivity index (χ0v) is 15.6. The van der Waals surface area contributed by atoms with Crippen molar-refractivity contribution >= 4 is 11.8 Å². The summed E-state index contributed by atoms with van der Waals surface area (Å²) in [4.78, 5) is 27.3. The Hall–Kier alpha value is -2.46. The van der Waals surface area contributed by atoms with Gasteiger partial charge in [0.15, 0.2) is 0 Å². The molecule has 0 saturated carbocycles. The predicted molar refractivity (Wildman–Crippen MR) is 105 cm³/mol. The summed E-state index contributed by atoms with van der Waals surface area (Å²) in [5.74, 6) is 0.0135. The number of nitrogens with one attached hydrogen (secondary N) is 1. The van der Waals surface area contributed by atoms with Crippen LogP contribution in [-0.4, -0.2) is 29.8 Å². The number of amides is 2. The number of rotatable bonds is 4. The molecule has 2 aromatic rings. The van der Waals surface area contributed by atoms with E-state index in [1.165, 1.54) is 5.56 Å². The van der Waals surface area contributed by atoms with Gasteiger partial charge in [0.1, 0.15) is 0 Å². The lowest BCUT2D eigenvalue weighted by atomic mass is 9.62. The van der Waals surface area contributed by atoms with Crippen LogP contribution in [0.2, 0.25) is 0 Å². The van der Waals surface area contributed by atoms with Gasteiger partial charge in [0.2, 0.25) is 11.8 Å². The topological polar surface area (TPSA) is 49.4 Å². The minimum atomic E-state index is -0.575. The van der Waals surface area contributed by atoms with Crippen LogP contribution >= 0.6 is 0 Å². The van der Waals surface area contributed by atoms with Gasteiger partial charge in [-0.15, -0.1) is 0 Å². The molecule has 0 bridgehead atoms. The van der Waals surface area contributed by atoms with E-state index >= 15 is 0 Å². The van der Waals surface area contributed by atoms with Gasteiger partial charge in [0, 0.05) is 13.0 Å². The van der Waals surface area contributed by atoms with Crippen molar-refractivity contribution in [3.8, 4) is 0 Å². The molecule has 4 nitrogen and oxygen atoms in total. The van der Waals surface area contributed by atoms with Crippen LogP contribution in [0.4, 0.5) is 0 Å². The highest BCUT2D eigenvalue weighted by atomic mass is 16.2. The zero-order chi connectivity index (χ0) is 18.7. The normalized spacial score (nSPS) is 24.6. The molecular formula is C23H26N2O2. The molecule has 2 amide bonds. The third-order valence-corrected chi connectivity index (χ3v) is 6.23. The third kappa shape index (κ3) is 3.54. The van der Waals surface area contributed by atoms with Gasteiger partial charge in [-0.3, -0.25) is 19.8 Å². The molecule has 0 aromatic heterocycles. The number of benzene rings is 2. The van der Waals surface area contributed by atoms with E-state index in [-0.39, 0.29) is 17.7 Å². The Bertz CT molecular complexity index is 798. The Labute approximate surface area is 160 Å². The maximum absolute atomic E-state index is 13.1. The summed E-state index contributed by atoms with van der Waals surface area (Å²) in [6, 6.07) is 20.6. The van der Waals surface area contributed by atoms with E-state index in [4.69, 9.17) is 0 Å². The van der Waals surface area contributed by atoms with Crippen molar-refractivity contribution in [2.75, 3.05) is 13.1 Å². The Morgan fingerprint density at radius 2 is 1.56 bits per heavy atom. The Balaban J connectivity index is 1.53. The molecule has 1 atom stereocenters. The van der Waals surface area contributed by atoms with Gasteiger partial charge >= 0.3 is 0 Å². The highest BCUT2D eigenvalue weighted by molar-refractivity contribution is 6.03. The predicted octanol–water partition coefficient (Wildman–Crippen LogP) is 3.27. The molecule has 0 unspecified atom stereocenters. The summed E-state index contributed by atoms with van der Waals surface area (Å²) >= 11 is 0. The fourth-order valence-electron chi connectivity index (χ4n) is 4.79. The molecule has 1 N–H and O–H groups in total. The molecule has 2 heterocycles. The molecule has 2 fully saturated rings. The number of likely N-dealkylation sites (tertiary alicyclic amines) is 1. The van der Waals surface area contributed by atoms with Gasteiger partial charge in [-0.1, -0.05) is 60.7 Å². The minimum absolute atomic E-state index is 0.105. The molecule has 4 heteroatoms. The first-order valence-electron chi connectivity index (χ1n) is 9.84. The van der Waals surface area contributed by atoms with Crippen LogP contribution in [-0.2, 0) is 21.5 Å². The van der Waals surface area contributed by atoms with Crippen molar-refractivity contribution in [3.05, 3.63) is 71.8 Å². The molecule has 2 aliphatic heterocycles. The van der Waals surface area contributed by atoms with Crippen molar-refractivity contribution in [3.63, 3.8) is 0 Å². The lowest BCUT2D eigenvalue weighted by Crippen LogP contribution is -2.57. The van der Waals surface area contributed by atoms with Crippen LogP contribution in [0.25, 0.3) is 0 Å². The van der Waals surface area contributed by atoms with E-state index < -0.39 is 5.41 Å². The smallest absolute Gasteiger partial charge is 0.237 e. The number of carbonyl (C=O) groups excluding carboxylic acids is 2. The SMILES string of the molecule is O=C1CC[C@](c2ccccc2)(C2CCN(Cc3ccccc3)CC2)C(=O)N1. The Kier molecular flexibility index (Phi) is 5.08. The van der Waals surface area contributed by atoms with Gasteiger partial charge in [-0.05, 0) is 49.4 Å². The van der Waals surface area contributed by atoms with Crippen molar-refractivity contribution in [2.24, 2.45) is 5.92 Å². The molecule has 0 radical (unpaired) electrons. The molecule has 140 valence electrons. The van der Waals surface area contributed by atoms with E-state index in [1.54, 1.807) is 0 Å². The van der Waals surface area contributed by atoms with E-state index in [2.05, 4.69) is 34.5 Å². The Morgan fingerprint density at radius 1 is 0.926 bits per heavy atom. The summed E-state index contributed by atoms with van der Waals surface area (Å²) in [6.07, 6.45) is 2.99. The fourth-order valence-corrected chi connectivity index (χ4v) is 4.79. The monoisotopic (exact) mass is 362 g/mol. The summed E-state index contributed by atoms with van der Waals surface area (Å²) in [7, 11) is 0. The number of imide groups is 1. The molecule has 2 aliphatic rings. The highest BCUT2D eigenvalue weighted by Gasteiger charge is 2.50. The van der Waals surface area contributed by atoms with Crippen molar-refractivity contribution in [1.29, 1.82) is 0 Å². The molecule has 0 spiro atoms. The van der Waals surface area contributed by atoms with Crippen LogP contribution in [0.1, 0.15) is 36.8 Å². The second kappa shape index (κ2) is 7.65. The molecule has 27 heavy (non-hydrogen) atoms. The average molecular weight is 362 g/mol. The minimum Gasteiger partial charge on any atom is -0.299 e. The molecule has 2 saturated heterocycles. The van der Waals surface area contributed by atoms with Gasteiger partial charge in [-0.2, -0.15) is 0 Å². The van der Waals surface area contributed by atoms with Gasteiger partial charge in [0.05, 0.1) is 5.41 Å². The number of piperidine rings is 2. The quantitative estimate of drug-likeness (QED) is 0.849. The lowest BCUT2D eigenvalue weighted by molar-refractivity contribution is -0.140. The standard InChI is InChI=1S/C23H26N2O2/c26-21-11-14-23(22(27)24-21,19-9-5-2-6-10-19)20-12-15-25(16-13-20)17-18-7-3-1-4-8-18/h1-10,20H,11-17H2,(H,24,26,27)/t23-/m0/s1. The number of hydrogen-bond donors (Lipinski definition) is 1. The number of nitrogens with zero attached hydrogens (tertiary/aromatic N) is 1. The highest BCUT2D eigenvalue weighted by Crippen LogP contribution is 2.44. The van der Waals surface area contributed by atoms with Crippen molar-refractivity contribution in [1.82, 2.24) is 10.2 Å². The van der Waals surface area contributed by atoms with Crippen LogP contribution < -0.4 is 5.32 Å². The van der Waals surface area contributed by atoms with Crippen LogP contribution in [0, 0.1) is 5.92 Å². The first-order valence-corrected chi connectivity index (χ1v) is 9.84. The largest absolute Gasteiger partial charge is 0.299 e. The molecule has 4 rings (SSSR count). The Morgan fingerprint density at radius 3 is 2.19 bits per heavy atom. The van der Waals surface area contributed by atoms with E-state index in [0.717, 1.165) is 38.0 Å². The fraction of sp³-hybridized carbons (Fsp3) is 0.391. The maximum atomic E-state index is 13.1. The van der Waals surface area contributed by atoms with E-state index in [9.17, 15) is 9.59 Å². The summed E-state index contributed by atoms with van der Waals surface area (Å²) < 4.78 is 0. The van der Waals surface area contributed by atoms with Crippen molar-refractivity contribution < 1.29 is 9.59 Å². The first-order chi connectivity index (χ1) is 13.2. The number of carbonyl (C=O) groups is 2. The molecule has 0 aliphatic carbocycles. The van der Waals surface area contributed by atoms with Crippen LogP contribution in [0.15, 0.2) is 60.7 Å². The molecular weight excluding hydrogens is 336 g/mol. The van der Waals surface area contributed by atoms with Gasteiger partial charge in [0.25, 0.3) is 0 Å². The van der Waals surface area contributed by atoms with Gasteiger partial charge < -0.3 is 0 Å². The molecule has 2 aromatic carbocycles.